The molecule has 1 saturated heterocycles. The average molecular weight is 540 g/mol. The first-order chi connectivity index (χ1) is 18.9. The third-order valence-corrected chi connectivity index (χ3v) is 7.52. The van der Waals surface area contributed by atoms with Crippen molar-refractivity contribution in [2.45, 2.75) is 39.3 Å². The second kappa shape index (κ2) is 11.4. The number of hydrogen-bond donors (Lipinski definition) is 2. The summed E-state index contributed by atoms with van der Waals surface area (Å²) in [4.78, 5) is 18.8. The minimum Gasteiger partial charge on any atom is -0.375 e. The maximum atomic E-state index is 12.0. The van der Waals surface area contributed by atoms with Crippen molar-refractivity contribution in [3.05, 3.63) is 107 Å². The minimum atomic E-state index is -0.198. The van der Waals surface area contributed by atoms with E-state index in [1.165, 1.54) is 29.6 Å². The van der Waals surface area contributed by atoms with Crippen LogP contribution in [0.15, 0.2) is 79.0 Å². The zero-order valence-corrected chi connectivity index (χ0v) is 23.5. The van der Waals surface area contributed by atoms with Crippen molar-refractivity contribution >= 4 is 34.6 Å². The molecule has 5 rings (SSSR count). The van der Waals surface area contributed by atoms with Gasteiger partial charge in [-0.15, -0.1) is 0 Å². The Morgan fingerprint density at radius 3 is 2.51 bits per heavy atom. The summed E-state index contributed by atoms with van der Waals surface area (Å²) in [7, 11) is 1.50. The van der Waals surface area contributed by atoms with Gasteiger partial charge in [0.15, 0.2) is 5.11 Å². The second-order valence-corrected chi connectivity index (χ2v) is 10.1. The lowest BCUT2D eigenvalue weighted by molar-refractivity contribution is -0.119. The van der Waals surface area contributed by atoms with Crippen LogP contribution in [-0.2, 0) is 16.0 Å². The summed E-state index contributed by atoms with van der Waals surface area (Å²) < 4.78 is 7.27. The number of para-hydroxylation sites is 1. The van der Waals surface area contributed by atoms with Crippen LogP contribution in [0.3, 0.4) is 0 Å². The molecule has 0 bridgehead atoms. The normalized spacial score (nSPS) is 16.8. The monoisotopic (exact) mass is 539 g/mol. The SMILES string of the molecule is CCc1ccccc1-n1c(C)cc([C@H]2[C@@H](c3ccccn3)NC(=S)N2c2ccc(NC(=O)COC)cc2)c1C. The molecule has 0 unspecified atom stereocenters. The number of aryl methyl sites for hydroxylation is 2. The first-order valence-electron chi connectivity index (χ1n) is 13.1. The number of thiocarbonyl (C=S) groups is 1. The lowest BCUT2D eigenvalue weighted by Gasteiger charge is -2.28. The topological polar surface area (TPSA) is 71.4 Å². The highest BCUT2D eigenvalue weighted by molar-refractivity contribution is 7.80. The highest BCUT2D eigenvalue weighted by Crippen LogP contribution is 2.44. The predicted octanol–water partition coefficient (Wildman–Crippen LogP) is 5.81. The van der Waals surface area contributed by atoms with Gasteiger partial charge < -0.3 is 24.8 Å². The molecule has 1 aliphatic heterocycles. The summed E-state index contributed by atoms with van der Waals surface area (Å²) in [5.41, 5.74) is 8.57. The molecule has 2 atom stereocenters. The molecule has 0 radical (unpaired) electrons. The Hall–Kier alpha value is -4.01. The van der Waals surface area contributed by atoms with E-state index < -0.39 is 0 Å². The van der Waals surface area contributed by atoms with E-state index in [0.717, 1.165) is 23.5 Å². The van der Waals surface area contributed by atoms with Gasteiger partial charge in [0.25, 0.3) is 0 Å². The van der Waals surface area contributed by atoms with Crippen LogP contribution in [0.1, 0.15) is 47.2 Å². The number of rotatable bonds is 8. The van der Waals surface area contributed by atoms with Crippen molar-refractivity contribution in [3.63, 3.8) is 0 Å². The fourth-order valence-electron chi connectivity index (χ4n) is 5.47. The van der Waals surface area contributed by atoms with E-state index in [9.17, 15) is 4.79 Å². The number of anilines is 2. The number of nitrogens with zero attached hydrogens (tertiary/aromatic N) is 3. The summed E-state index contributed by atoms with van der Waals surface area (Å²) in [6.45, 7) is 6.53. The molecule has 8 heteroatoms. The van der Waals surface area contributed by atoms with Crippen molar-refractivity contribution < 1.29 is 9.53 Å². The zero-order chi connectivity index (χ0) is 27.5. The minimum absolute atomic E-state index is 0.00644. The van der Waals surface area contributed by atoms with Crippen molar-refractivity contribution in [1.82, 2.24) is 14.9 Å². The van der Waals surface area contributed by atoms with Crippen LogP contribution in [-0.4, -0.2) is 34.3 Å². The maximum absolute atomic E-state index is 12.0. The number of carbonyl (C=O) groups is 1. The molecule has 0 aliphatic carbocycles. The molecule has 1 fully saturated rings. The van der Waals surface area contributed by atoms with E-state index in [4.69, 9.17) is 21.9 Å². The van der Waals surface area contributed by atoms with Crippen LogP contribution >= 0.6 is 12.2 Å². The lowest BCUT2D eigenvalue weighted by Crippen LogP contribution is -2.29. The van der Waals surface area contributed by atoms with Gasteiger partial charge in [-0.1, -0.05) is 31.2 Å². The molecule has 1 aliphatic rings. The van der Waals surface area contributed by atoms with E-state index in [1.54, 1.807) is 0 Å². The third-order valence-electron chi connectivity index (χ3n) is 7.21. The Labute approximate surface area is 234 Å². The van der Waals surface area contributed by atoms with E-state index in [2.05, 4.69) is 71.2 Å². The van der Waals surface area contributed by atoms with Gasteiger partial charge in [0.1, 0.15) is 6.61 Å². The van der Waals surface area contributed by atoms with Crippen LogP contribution in [0.25, 0.3) is 5.69 Å². The molecule has 39 heavy (non-hydrogen) atoms. The van der Waals surface area contributed by atoms with Gasteiger partial charge in [-0.05, 0) is 92.1 Å². The van der Waals surface area contributed by atoms with Gasteiger partial charge in [-0.3, -0.25) is 9.78 Å². The molecular weight excluding hydrogens is 506 g/mol. The Balaban J connectivity index is 1.60. The van der Waals surface area contributed by atoms with Crippen LogP contribution < -0.4 is 15.5 Å². The Morgan fingerprint density at radius 2 is 1.82 bits per heavy atom. The van der Waals surface area contributed by atoms with Gasteiger partial charge in [-0.25, -0.2) is 0 Å². The van der Waals surface area contributed by atoms with E-state index >= 15 is 0 Å². The van der Waals surface area contributed by atoms with Crippen LogP contribution in [0, 0.1) is 13.8 Å². The average Bonchev–Trinajstić information content (AvgIpc) is 3.44. The van der Waals surface area contributed by atoms with Gasteiger partial charge in [0.2, 0.25) is 5.91 Å². The van der Waals surface area contributed by atoms with E-state index in [-0.39, 0.29) is 24.6 Å². The molecule has 2 aromatic heterocycles. The van der Waals surface area contributed by atoms with E-state index in [0.29, 0.717) is 10.8 Å². The highest BCUT2D eigenvalue weighted by Gasteiger charge is 2.42. The standard InChI is InChI=1S/C31H33N5O2S/c1-5-22-10-6-7-12-27(22)35-20(2)18-25(21(35)3)30-29(26-11-8-9-17-32-26)34-31(39)36(30)24-15-13-23(14-16-24)33-28(37)19-38-4/h6-18,29-30H,5,19H2,1-4H3,(H,33,37)(H,34,39)/t29-,30+/m1/s1. The highest BCUT2D eigenvalue weighted by atomic mass is 32.1. The molecule has 2 N–H and O–H groups in total. The first kappa shape index (κ1) is 26.6. The van der Waals surface area contributed by atoms with Crippen LogP contribution in [0.5, 0.6) is 0 Å². The fourth-order valence-corrected chi connectivity index (χ4v) is 5.81. The number of carbonyl (C=O) groups excluding carboxylic acids is 1. The van der Waals surface area contributed by atoms with Gasteiger partial charge in [0.05, 0.1) is 17.8 Å². The molecular formula is C31H33N5O2S. The summed E-state index contributed by atoms with van der Waals surface area (Å²) in [5.74, 6) is -0.198. The summed E-state index contributed by atoms with van der Waals surface area (Å²) in [5, 5.41) is 7.03. The van der Waals surface area contributed by atoms with Crippen molar-refractivity contribution in [2.75, 3.05) is 23.9 Å². The van der Waals surface area contributed by atoms with Crippen molar-refractivity contribution in [3.8, 4) is 5.69 Å². The molecule has 200 valence electrons. The number of ether oxygens (including phenoxy) is 1. The van der Waals surface area contributed by atoms with Crippen LogP contribution in [0.2, 0.25) is 0 Å². The Bertz CT molecular complexity index is 1480. The van der Waals surface area contributed by atoms with Gasteiger partial charge in [-0.2, -0.15) is 0 Å². The number of pyridine rings is 1. The first-order valence-corrected chi connectivity index (χ1v) is 13.5. The zero-order valence-electron chi connectivity index (χ0n) is 22.6. The fraction of sp³-hybridized carbons (Fsp3) is 0.258. The number of nitrogens with one attached hydrogen (secondary N) is 2. The van der Waals surface area contributed by atoms with Gasteiger partial charge >= 0.3 is 0 Å². The smallest absolute Gasteiger partial charge is 0.250 e. The number of hydrogen-bond acceptors (Lipinski definition) is 4. The van der Waals surface area contributed by atoms with Gasteiger partial charge in [0, 0.05) is 41.8 Å². The maximum Gasteiger partial charge on any atom is 0.250 e. The quantitative estimate of drug-likeness (QED) is 0.275. The molecule has 7 nitrogen and oxygen atoms in total. The lowest BCUT2D eigenvalue weighted by atomic mass is 9.96. The number of benzene rings is 2. The molecule has 1 amide bonds. The molecule has 0 saturated carbocycles. The molecule has 3 heterocycles. The Morgan fingerprint density at radius 1 is 1.08 bits per heavy atom. The molecule has 2 aromatic carbocycles. The summed E-state index contributed by atoms with van der Waals surface area (Å²) >= 11 is 5.92. The van der Waals surface area contributed by atoms with Crippen molar-refractivity contribution in [2.24, 2.45) is 0 Å². The molecule has 4 aromatic rings. The van der Waals surface area contributed by atoms with Crippen molar-refractivity contribution in [1.29, 1.82) is 0 Å². The predicted molar refractivity (Wildman–Crippen MR) is 160 cm³/mol. The van der Waals surface area contributed by atoms with E-state index in [1.807, 2.05) is 48.7 Å². The van der Waals surface area contributed by atoms with Crippen LogP contribution in [0.4, 0.5) is 11.4 Å². The summed E-state index contributed by atoms with van der Waals surface area (Å²) in [6.07, 6.45) is 2.77. The number of aromatic nitrogens is 2. The largest absolute Gasteiger partial charge is 0.375 e. The third kappa shape index (κ3) is 5.17. The Kier molecular flexibility index (Phi) is 7.77. The molecule has 0 spiro atoms. The number of amides is 1. The number of methoxy groups -OCH3 is 1. The summed E-state index contributed by atoms with van der Waals surface area (Å²) in [6, 6.07) is 24.3. The second-order valence-electron chi connectivity index (χ2n) is 9.67.